The zero-order chi connectivity index (χ0) is 21.7. The van der Waals surface area contributed by atoms with Crippen LogP contribution >= 0.6 is 0 Å². The van der Waals surface area contributed by atoms with Crippen LogP contribution in [0.1, 0.15) is 27.0 Å². The van der Waals surface area contributed by atoms with Gasteiger partial charge in [0.2, 0.25) is 5.91 Å². The van der Waals surface area contributed by atoms with E-state index in [1.165, 1.54) is 0 Å². The number of hydrogen-bond acceptors (Lipinski definition) is 4. The Hall–Kier alpha value is -3.36. The molecular weight excluding hydrogens is 389 g/mol. The Morgan fingerprint density at radius 2 is 1.55 bits per heavy atom. The molecule has 0 fully saturated rings. The average molecular weight is 408 g/mol. The highest BCUT2D eigenvalue weighted by Gasteiger charge is 2.17. The third kappa shape index (κ3) is 5.56. The van der Waals surface area contributed by atoms with E-state index in [1.807, 2.05) is 24.4 Å². The largest absolute Gasteiger partial charge is 0.452 e. The second-order valence-corrected chi connectivity index (χ2v) is 6.40. The average Bonchev–Trinajstić information content (AvgIpc) is 2.64. The molecule has 0 radical (unpaired) electrons. The Bertz CT molecular complexity index is 953. The Kier molecular flexibility index (Phi) is 6.98. The van der Waals surface area contributed by atoms with Crippen molar-refractivity contribution in [3.8, 4) is 0 Å². The number of halogens is 3. The second kappa shape index (κ2) is 9.22. The van der Waals surface area contributed by atoms with Crippen LogP contribution in [0.15, 0.2) is 24.3 Å². The molecule has 2 N–H and O–H groups in total. The van der Waals surface area contributed by atoms with Crippen LogP contribution in [0.2, 0.25) is 0 Å². The molecule has 0 aromatic heterocycles. The molecule has 2 aromatic rings. The van der Waals surface area contributed by atoms with Gasteiger partial charge in [-0.3, -0.25) is 9.59 Å². The van der Waals surface area contributed by atoms with Crippen molar-refractivity contribution in [3.05, 3.63) is 64.0 Å². The van der Waals surface area contributed by atoms with E-state index in [-0.39, 0.29) is 0 Å². The fraction of sp³-hybridized carbons (Fsp3) is 0.250. The molecule has 154 valence electrons. The SMILES string of the molecule is Cc1cc(C)c(C(=O)OCC(=O)NCC(=O)Nc2ccc(F)c(F)c2F)c(C)c1. The molecule has 6 nitrogen and oxygen atoms in total. The lowest BCUT2D eigenvalue weighted by molar-refractivity contribution is -0.126. The number of carbonyl (C=O) groups excluding carboxylic acids is 3. The normalized spacial score (nSPS) is 10.4. The first kappa shape index (κ1) is 21.9. The molecule has 2 rings (SSSR count). The molecule has 9 heteroatoms. The summed E-state index contributed by atoms with van der Waals surface area (Å²) in [7, 11) is 0. The van der Waals surface area contributed by atoms with Gasteiger partial charge in [-0.2, -0.15) is 0 Å². The first-order chi connectivity index (χ1) is 13.6. The monoisotopic (exact) mass is 408 g/mol. The van der Waals surface area contributed by atoms with Gasteiger partial charge in [0.1, 0.15) is 0 Å². The Labute approximate surface area is 165 Å². The molecule has 0 saturated carbocycles. The van der Waals surface area contributed by atoms with Gasteiger partial charge in [0, 0.05) is 0 Å². The topological polar surface area (TPSA) is 84.5 Å². The number of anilines is 1. The molecule has 0 unspecified atom stereocenters. The van der Waals surface area contributed by atoms with Crippen molar-refractivity contribution in [2.45, 2.75) is 20.8 Å². The smallest absolute Gasteiger partial charge is 0.339 e. The summed E-state index contributed by atoms with van der Waals surface area (Å²) < 4.78 is 44.5. The van der Waals surface area contributed by atoms with E-state index < -0.39 is 54.1 Å². The predicted octanol–water partition coefficient (Wildman–Crippen LogP) is 2.94. The van der Waals surface area contributed by atoms with Gasteiger partial charge in [-0.05, 0) is 44.0 Å². The molecule has 29 heavy (non-hydrogen) atoms. The van der Waals surface area contributed by atoms with Crippen LogP contribution in [0, 0.1) is 38.2 Å². The van der Waals surface area contributed by atoms with Gasteiger partial charge in [0.25, 0.3) is 5.91 Å². The number of amides is 2. The molecule has 0 bridgehead atoms. The van der Waals surface area contributed by atoms with Crippen LogP contribution in [-0.2, 0) is 14.3 Å². The number of aryl methyl sites for hydroxylation is 3. The Balaban J connectivity index is 1.85. The highest BCUT2D eigenvalue weighted by Crippen LogP contribution is 2.19. The lowest BCUT2D eigenvalue weighted by Crippen LogP contribution is -2.35. The van der Waals surface area contributed by atoms with Crippen LogP contribution in [-0.4, -0.2) is 30.9 Å². The summed E-state index contributed by atoms with van der Waals surface area (Å²) in [4.78, 5) is 35.7. The van der Waals surface area contributed by atoms with Crippen LogP contribution in [0.4, 0.5) is 18.9 Å². The lowest BCUT2D eigenvalue weighted by atomic mass is 10.00. The molecular formula is C20H19F3N2O4. The second-order valence-electron chi connectivity index (χ2n) is 6.40. The van der Waals surface area contributed by atoms with E-state index in [4.69, 9.17) is 4.74 Å². The summed E-state index contributed by atoms with van der Waals surface area (Å²) in [5.74, 6) is -6.98. The van der Waals surface area contributed by atoms with Crippen molar-refractivity contribution in [2.75, 3.05) is 18.5 Å². The molecule has 0 saturated heterocycles. The van der Waals surface area contributed by atoms with E-state index in [1.54, 1.807) is 13.8 Å². The van der Waals surface area contributed by atoms with Crippen molar-refractivity contribution < 1.29 is 32.3 Å². The van der Waals surface area contributed by atoms with Gasteiger partial charge in [-0.15, -0.1) is 0 Å². The fourth-order valence-corrected chi connectivity index (χ4v) is 2.75. The Morgan fingerprint density at radius 3 is 2.17 bits per heavy atom. The minimum Gasteiger partial charge on any atom is -0.452 e. The fourth-order valence-electron chi connectivity index (χ4n) is 2.75. The molecule has 0 spiro atoms. The summed E-state index contributed by atoms with van der Waals surface area (Å²) in [5, 5.41) is 4.18. The van der Waals surface area contributed by atoms with Crippen molar-refractivity contribution in [1.82, 2.24) is 5.32 Å². The van der Waals surface area contributed by atoms with Crippen molar-refractivity contribution in [3.63, 3.8) is 0 Å². The quantitative estimate of drug-likeness (QED) is 0.569. The van der Waals surface area contributed by atoms with Gasteiger partial charge in [0.15, 0.2) is 24.1 Å². The number of ether oxygens (including phenoxy) is 1. The third-order valence-electron chi connectivity index (χ3n) is 3.97. The third-order valence-corrected chi connectivity index (χ3v) is 3.97. The van der Waals surface area contributed by atoms with Crippen LogP contribution in [0.5, 0.6) is 0 Å². The summed E-state index contributed by atoms with van der Waals surface area (Å²) in [5.41, 5.74) is 2.19. The number of carbonyl (C=O) groups is 3. The highest BCUT2D eigenvalue weighted by molar-refractivity contribution is 5.96. The van der Waals surface area contributed by atoms with E-state index >= 15 is 0 Å². The van der Waals surface area contributed by atoms with Crippen LogP contribution < -0.4 is 10.6 Å². The van der Waals surface area contributed by atoms with Crippen molar-refractivity contribution in [2.24, 2.45) is 0 Å². The van der Waals surface area contributed by atoms with Gasteiger partial charge in [0.05, 0.1) is 17.8 Å². The van der Waals surface area contributed by atoms with Crippen LogP contribution in [0.3, 0.4) is 0 Å². The number of rotatable bonds is 6. The van der Waals surface area contributed by atoms with Gasteiger partial charge in [-0.1, -0.05) is 17.7 Å². The maximum atomic E-state index is 13.5. The maximum Gasteiger partial charge on any atom is 0.339 e. The highest BCUT2D eigenvalue weighted by atomic mass is 19.2. The summed E-state index contributed by atoms with van der Waals surface area (Å²) >= 11 is 0. The molecule has 0 aliphatic carbocycles. The molecule has 2 amide bonds. The minimum absolute atomic E-state index is 0.356. The van der Waals surface area contributed by atoms with E-state index in [2.05, 4.69) is 5.32 Å². The van der Waals surface area contributed by atoms with Gasteiger partial charge in [-0.25, -0.2) is 18.0 Å². The minimum atomic E-state index is -1.72. The molecule has 0 atom stereocenters. The molecule has 0 heterocycles. The predicted molar refractivity (Wildman–Crippen MR) is 98.9 cm³/mol. The zero-order valence-corrected chi connectivity index (χ0v) is 16.0. The first-order valence-corrected chi connectivity index (χ1v) is 8.55. The number of benzene rings is 2. The van der Waals surface area contributed by atoms with E-state index in [0.717, 1.165) is 11.6 Å². The Morgan fingerprint density at radius 1 is 0.931 bits per heavy atom. The lowest BCUT2D eigenvalue weighted by Gasteiger charge is -2.11. The van der Waals surface area contributed by atoms with E-state index in [9.17, 15) is 27.6 Å². The van der Waals surface area contributed by atoms with Gasteiger partial charge < -0.3 is 15.4 Å². The zero-order valence-electron chi connectivity index (χ0n) is 16.0. The number of esters is 1. The van der Waals surface area contributed by atoms with Crippen molar-refractivity contribution >= 4 is 23.5 Å². The van der Waals surface area contributed by atoms with E-state index in [0.29, 0.717) is 22.8 Å². The first-order valence-electron chi connectivity index (χ1n) is 8.55. The van der Waals surface area contributed by atoms with Gasteiger partial charge >= 0.3 is 5.97 Å². The molecule has 0 aliphatic rings. The van der Waals surface area contributed by atoms with Crippen molar-refractivity contribution in [1.29, 1.82) is 0 Å². The summed E-state index contributed by atoms with van der Waals surface area (Å²) in [6, 6.07) is 5.12. The summed E-state index contributed by atoms with van der Waals surface area (Å²) in [6.07, 6.45) is 0. The standard InChI is InChI=1S/C20H19F3N2O4/c1-10-6-11(2)17(12(3)7-10)20(28)29-9-16(27)24-8-15(26)25-14-5-4-13(21)18(22)19(14)23/h4-7H,8-9H2,1-3H3,(H,24,27)(H,25,26). The number of nitrogens with one attached hydrogen (secondary N) is 2. The molecule has 2 aromatic carbocycles. The number of hydrogen-bond donors (Lipinski definition) is 2. The molecule has 0 aliphatic heterocycles. The van der Waals surface area contributed by atoms with Crippen LogP contribution in [0.25, 0.3) is 0 Å². The summed E-state index contributed by atoms with van der Waals surface area (Å²) in [6.45, 7) is 4.17. The maximum absolute atomic E-state index is 13.5.